The average Bonchev–Trinajstić information content (AvgIpc) is 3.02. The molecule has 0 bridgehead atoms. The number of amides is 2. The highest BCUT2D eigenvalue weighted by atomic mass is 19.1. The monoisotopic (exact) mass is 430 g/mol. The van der Waals surface area contributed by atoms with Crippen molar-refractivity contribution in [1.82, 2.24) is 0 Å². The van der Waals surface area contributed by atoms with E-state index in [1.807, 2.05) is 45.0 Å². The summed E-state index contributed by atoms with van der Waals surface area (Å²) < 4.78 is 19.2. The lowest BCUT2D eigenvalue weighted by molar-refractivity contribution is -0.120. The average molecular weight is 430 g/mol. The van der Waals surface area contributed by atoms with Gasteiger partial charge < -0.3 is 10.1 Å². The van der Waals surface area contributed by atoms with Crippen LogP contribution < -0.4 is 15.0 Å². The van der Waals surface area contributed by atoms with Crippen LogP contribution in [0.2, 0.25) is 0 Å². The van der Waals surface area contributed by atoms with Crippen molar-refractivity contribution in [2.24, 2.45) is 0 Å². The Morgan fingerprint density at radius 3 is 2.34 bits per heavy atom. The number of nitrogens with one attached hydrogen (secondary N) is 1. The topological polar surface area (TPSA) is 58.6 Å². The molecule has 1 aliphatic rings. The Kier molecular flexibility index (Phi) is 5.77. The number of carbonyl (C=O) groups is 2. The van der Waals surface area contributed by atoms with Gasteiger partial charge in [0.15, 0.2) is 0 Å². The lowest BCUT2D eigenvalue weighted by atomic mass is 10.0. The Balaban J connectivity index is 1.86. The zero-order valence-electron chi connectivity index (χ0n) is 18.1. The largest absolute Gasteiger partial charge is 0.492 e. The van der Waals surface area contributed by atoms with Gasteiger partial charge in [-0.05, 0) is 67.8 Å². The summed E-state index contributed by atoms with van der Waals surface area (Å²) in [6.45, 7) is 6.12. The van der Waals surface area contributed by atoms with E-state index in [2.05, 4.69) is 5.32 Å². The van der Waals surface area contributed by atoms with Crippen LogP contribution in [0.3, 0.4) is 0 Å². The van der Waals surface area contributed by atoms with Crippen LogP contribution in [0.4, 0.5) is 15.8 Å². The number of halogens is 1. The molecular weight excluding hydrogens is 407 g/mol. The molecule has 3 aromatic carbocycles. The van der Waals surface area contributed by atoms with Crippen molar-refractivity contribution in [2.45, 2.75) is 20.8 Å². The summed E-state index contributed by atoms with van der Waals surface area (Å²) >= 11 is 0. The van der Waals surface area contributed by atoms with Crippen LogP contribution in [0.25, 0.3) is 5.57 Å². The third kappa shape index (κ3) is 3.75. The van der Waals surface area contributed by atoms with Gasteiger partial charge in [-0.3, -0.25) is 9.59 Å². The Morgan fingerprint density at radius 2 is 1.62 bits per heavy atom. The second kappa shape index (κ2) is 8.67. The first-order valence-electron chi connectivity index (χ1n) is 10.4. The fourth-order valence-corrected chi connectivity index (χ4v) is 3.71. The molecule has 1 aliphatic heterocycles. The third-order valence-electron chi connectivity index (χ3n) is 5.48. The van der Waals surface area contributed by atoms with Gasteiger partial charge >= 0.3 is 0 Å². The smallest absolute Gasteiger partial charge is 0.282 e. The number of rotatable bonds is 6. The molecule has 32 heavy (non-hydrogen) atoms. The minimum atomic E-state index is -0.477. The third-order valence-corrected chi connectivity index (χ3v) is 5.48. The molecule has 1 heterocycles. The van der Waals surface area contributed by atoms with Gasteiger partial charge in [-0.1, -0.05) is 36.4 Å². The molecule has 0 aromatic heterocycles. The first-order valence-corrected chi connectivity index (χ1v) is 10.4. The van der Waals surface area contributed by atoms with E-state index in [1.165, 1.54) is 29.2 Å². The molecule has 0 unspecified atom stereocenters. The van der Waals surface area contributed by atoms with Crippen LogP contribution >= 0.6 is 0 Å². The van der Waals surface area contributed by atoms with E-state index in [0.717, 1.165) is 11.1 Å². The number of hydrogen-bond acceptors (Lipinski definition) is 4. The zero-order valence-corrected chi connectivity index (χ0v) is 18.1. The molecule has 0 saturated carbocycles. The van der Waals surface area contributed by atoms with Crippen molar-refractivity contribution in [1.29, 1.82) is 0 Å². The van der Waals surface area contributed by atoms with Crippen molar-refractivity contribution in [2.75, 3.05) is 16.8 Å². The molecule has 3 aromatic rings. The molecule has 6 heteroatoms. The minimum Gasteiger partial charge on any atom is -0.492 e. The molecule has 1 N–H and O–H groups in total. The fraction of sp³-hybridized carbons (Fsp3) is 0.154. The van der Waals surface area contributed by atoms with E-state index < -0.39 is 17.6 Å². The van der Waals surface area contributed by atoms with Crippen molar-refractivity contribution < 1.29 is 18.7 Å². The first kappa shape index (κ1) is 21.3. The molecule has 4 rings (SSSR count). The number of hydrogen-bond donors (Lipinski definition) is 1. The summed E-state index contributed by atoms with van der Waals surface area (Å²) in [4.78, 5) is 28.3. The molecule has 0 radical (unpaired) electrons. The number of imide groups is 1. The van der Waals surface area contributed by atoms with Gasteiger partial charge in [-0.15, -0.1) is 0 Å². The Bertz CT molecular complexity index is 1230. The van der Waals surface area contributed by atoms with Gasteiger partial charge in [0.25, 0.3) is 11.8 Å². The predicted molar refractivity (Wildman–Crippen MR) is 123 cm³/mol. The van der Waals surface area contributed by atoms with Crippen molar-refractivity contribution in [3.63, 3.8) is 0 Å². The van der Waals surface area contributed by atoms with Crippen LogP contribution in [-0.4, -0.2) is 18.4 Å². The van der Waals surface area contributed by atoms with E-state index in [9.17, 15) is 14.0 Å². The molecule has 0 fully saturated rings. The summed E-state index contributed by atoms with van der Waals surface area (Å²) in [6, 6.07) is 18.2. The highest BCUT2D eigenvalue weighted by Crippen LogP contribution is 2.37. The maximum Gasteiger partial charge on any atom is 0.282 e. The summed E-state index contributed by atoms with van der Waals surface area (Å²) in [5.74, 6) is -0.805. The van der Waals surface area contributed by atoms with Crippen LogP contribution in [0, 0.1) is 19.7 Å². The molecule has 0 atom stereocenters. The second-order valence-electron chi connectivity index (χ2n) is 7.48. The van der Waals surface area contributed by atoms with Crippen molar-refractivity contribution in [3.05, 3.63) is 94.9 Å². The van der Waals surface area contributed by atoms with Crippen LogP contribution in [0.5, 0.6) is 5.75 Å². The second-order valence-corrected chi connectivity index (χ2v) is 7.48. The number of para-hydroxylation sites is 2. The predicted octanol–water partition coefficient (Wildman–Crippen LogP) is 5.24. The van der Waals surface area contributed by atoms with Gasteiger partial charge in [0.2, 0.25) is 0 Å². The molecule has 0 aliphatic carbocycles. The van der Waals surface area contributed by atoms with E-state index in [-0.39, 0.29) is 11.3 Å². The van der Waals surface area contributed by atoms with Gasteiger partial charge in [-0.25, -0.2) is 9.29 Å². The molecule has 2 amide bonds. The SMILES string of the molecule is CCOc1ccccc1NC1=C(c2ccc(F)cc2)C(=O)N(c2cccc(C)c2C)C1=O. The van der Waals surface area contributed by atoms with Gasteiger partial charge in [0, 0.05) is 0 Å². The maximum absolute atomic E-state index is 13.6. The van der Waals surface area contributed by atoms with E-state index >= 15 is 0 Å². The number of anilines is 2. The van der Waals surface area contributed by atoms with Crippen molar-refractivity contribution >= 4 is 28.8 Å². The summed E-state index contributed by atoms with van der Waals surface area (Å²) in [7, 11) is 0. The van der Waals surface area contributed by atoms with Gasteiger partial charge in [0.05, 0.1) is 23.6 Å². The molecule has 0 saturated heterocycles. The van der Waals surface area contributed by atoms with Gasteiger partial charge in [-0.2, -0.15) is 0 Å². The standard InChI is InChI=1S/C26H23FN2O3/c1-4-32-22-11-6-5-9-20(22)28-24-23(18-12-14-19(27)15-13-18)25(30)29(26(24)31)21-10-7-8-16(2)17(21)3/h5-15,28H,4H2,1-3H3. The number of aryl methyl sites for hydroxylation is 1. The molecule has 162 valence electrons. The number of benzene rings is 3. The summed E-state index contributed by atoms with van der Waals surface area (Å²) in [6.07, 6.45) is 0. The lowest BCUT2D eigenvalue weighted by Gasteiger charge is -2.19. The van der Waals surface area contributed by atoms with Crippen LogP contribution in [0.1, 0.15) is 23.6 Å². The molecular formula is C26H23FN2O3. The number of carbonyl (C=O) groups excluding carboxylic acids is 2. The Labute approximate surface area is 186 Å². The Hall–Kier alpha value is -3.93. The van der Waals surface area contributed by atoms with Crippen LogP contribution in [0.15, 0.2) is 72.4 Å². The summed E-state index contributed by atoms with van der Waals surface area (Å²) in [5.41, 5.74) is 3.64. The number of ether oxygens (including phenoxy) is 1. The lowest BCUT2D eigenvalue weighted by Crippen LogP contribution is -2.33. The minimum absolute atomic E-state index is 0.120. The van der Waals surface area contributed by atoms with Crippen LogP contribution in [-0.2, 0) is 9.59 Å². The van der Waals surface area contributed by atoms with E-state index in [1.54, 1.807) is 18.2 Å². The summed E-state index contributed by atoms with van der Waals surface area (Å²) in [5, 5.41) is 3.12. The van der Waals surface area contributed by atoms with E-state index in [0.29, 0.717) is 29.3 Å². The highest BCUT2D eigenvalue weighted by molar-refractivity contribution is 6.46. The maximum atomic E-state index is 13.6. The fourth-order valence-electron chi connectivity index (χ4n) is 3.71. The van der Waals surface area contributed by atoms with E-state index in [4.69, 9.17) is 4.74 Å². The van der Waals surface area contributed by atoms with Crippen molar-refractivity contribution in [3.8, 4) is 5.75 Å². The zero-order chi connectivity index (χ0) is 22.8. The Morgan fingerprint density at radius 1 is 0.906 bits per heavy atom. The molecule has 5 nitrogen and oxygen atoms in total. The highest BCUT2D eigenvalue weighted by Gasteiger charge is 2.41. The quantitative estimate of drug-likeness (QED) is 0.544. The van der Waals surface area contributed by atoms with Gasteiger partial charge in [0.1, 0.15) is 17.3 Å². The normalized spacial score (nSPS) is 13.7. The number of nitrogens with zero attached hydrogens (tertiary/aromatic N) is 1. The molecule has 0 spiro atoms. The first-order chi connectivity index (χ1) is 15.4.